The van der Waals surface area contributed by atoms with Crippen LogP contribution in [0.2, 0.25) is 0 Å². The molecule has 0 aromatic carbocycles. The molecule has 0 aromatic heterocycles. The van der Waals surface area contributed by atoms with E-state index in [1.807, 2.05) is 0 Å². The maximum atomic E-state index is 8.68. The quantitative estimate of drug-likeness (QED) is 0.647. The normalized spacial score (nSPS) is 38.7. The van der Waals surface area contributed by atoms with Gasteiger partial charge in [-0.25, -0.2) is 0 Å². The summed E-state index contributed by atoms with van der Waals surface area (Å²) in [5.74, 6) is 1.94. The number of hydrogen-bond donors (Lipinski definition) is 1. The molecule has 1 aliphatic carbocycles. The molecule has 0 amide bonds. The van der Waals surface area contributed by atoms with Gasteiger partial charge >= 0.3 is 0 Å². The van der Waals surface area contributed by atoms with Gasteiger partial charge < -0.3 is 5.73 Å². The lowest BCUT2D eigenvalue weighted by Crippen LogP contribution is -2.34. The lowest BCUT2D eigenvalue weighted by Gasteiger charge is -2.32. The second-order valence-corrected chi connectivity index (χ2v) is 4.33. The molecule has 2 N–H and O–H groups in total. The molecular formula is C10H18N2. The highest BCUT2D eigenvalue weighted by molar-refractivity contribution is 4.94. The first-order valence-corrected chi connectivity index (χ1v) is 4.78. The Hall–Kier alpha value is -0.550. The average Bonchev–Trinajstić information content (AvgIpc) is 2.01. The van der Waals surface area contributed by atoms with Gasteiger partial charge in [0.1, 0.15) is 0 Å². The molecule has 2 heteroatoms. The number of rotatable bonds is 1. The summed E-state index contributed by atoms with van der Waals surface area (Å²) in [6.45, 7) is 4.51. The van der Waals surface area contributed by atoms with Crippen LogP contribution in [0.3, 0.4) is 0 Å². The van der Waals surface area contributed by atoms with Crippen molar-refractivity contribution < 1.29 is 0 Å². The van der Waals surface area contributed by atoms with Crippen LogP contribution in [-0.4, -0.2) is 6.04 Å². The minimum Gasteiger partial charge on any atom is -0.316 e. The summed E-state index contributed by atoms with van der Waals surface area (Å²) in [7, 11) is 0. The Morgan fingerprint density at radius 1 is 1.25 bits per heavy atom. The molecule has 1 rings (SSSR count). The van der Waals surface area contributed by atoms with Gasteiger partial charge in [-0.3, -0.25) is 0 Å². The molecule has 68 valence electrons. The molecule has 1 aliphatic rings. The van der Waals surface area contributed by atoms with Gasteiger partial charge in [-0.1, -0.05) is 13.8 Å². The van der Waals surface area contributed by atoms with Crippen molar-refractivity contribution in [3.8, 4) is 6.07 Å². The second-order valence-electron chi connectivity index (χ2n) is 4.33. The zero-order valence-corrected chi connectivity index (χ0v) is 7.96. The molecule has 0 aliphatic heterocycles. The Morgan fingerprint density at radius 2 is 1.75 bits per heavy atom. The molecule has 1 saturated carbocycles. The van der Waals surface area contributed by atoms with E-state index in [1.165, 1.54) is 6.42 Å². The van der Waals surface area contributed by atoms with Crippen LogP contribution in [0.5, 0.6) is 0 Å². The molecule has 0 aromatic rings. The monoisotopic (exact) mass is 166 g/mol. The fourth-order valence-corrected chi connectivity index (χ4v) is 2.41. The summed E-state index contributed by atoms with van der Waals surface area (Å²) in [6, 6.07) is 1.91. The van der Waals surface area contributed by atoms with Crippen molar-refractivity contribution in [3.05, 3.63) is 0 Å². The Morgan fingerprint density at radius 3 is 2.17 bits per heavy atom. The highest BCUT2D eigenvalue weighted by Gasteiger charge is 2.27. The molecular weight excluding hydrogens is 148 g/mol. The average molecular weight is 166 g/mol. The van der Waals surface area contributed by atoms with Crippen LogP contribution in [0.4, 0.5) is 0 Å². The lowest BCUT2D eigenvalue weighted by molar-refractivity contribution is 0.208. The van der Waals surface area contributed by atoms with Crippen molar-refractivity contribution >= 4 is 0 Å². The minimum absolute atomic E-state index is 0.241. The van der Waals surface area contributed by atoms with Gasteiger partial charge in [0.2, 0.25) is 0 Å². The highest BCUT2D eigenvalue weighted by Crippen LogP contribution is 2.33. The zero-order chi connectivity index (χ0) is 9.14. The number of nitrogens with zero attached hydrogens (tertiary/aromatic N) is 1. The van der Waals surface area contributed by atoms with Crippen LogP contribution in [-0.2, 0) is 0 Å². The van der Waals surface area contributed by atoms with Gasteiger partial charge in [-0.05, 0) is 37.0 Å². The second kappa shape index (κ2) is 3.91. The molecule has 0 saturated heterocycles. The van der Waals surface area contributed by atoms with E-state index in [2.05, 4.69) is 19.9 Å². The fourth-order valence-electron chi connectivity index (χ4n) is 2.41. The van der Waals surface area contributed by atoms with Crippen LogP contribution in [0, 0.1) is 29.1 Å². The first kappa shape index (κ1) is 9.54. The summed E-state index contributed by atoms with van der Waals surface area (Å²) in [6.07, 6.45) is 3.58. The Labute approximate surface area is 74.8 Å². The van der Waals surface area contributed by atoms with E-state index in [4.69, 9.17) is 11.0 Å². The van der Waals surface area contributed by atoms with Gasteiger partial charge in [0.15, 0.2) is 0 Å². The molecule has 4 atom stereocenters. The third kappa shape index (κ3) is 2.22. The van der Waals surface area contributed by atoms with Crippen molar-refractivity contribution in [2.45, 2.75) is 39.2 Å². The van der Waals surface area contributed by atoms with Gasteiger partial charge in [-0.15, -0.1) is 0 Å². The fraction of sp³-hybridized carbons (Fsp3) is 0.900. The summed E-state index contributed by atoms with van der Waals surface area (Å²) < 4.78 is 0. The van der Waals surface area contributed by atoms with Gasteiger partial charge in [0, 0.05) is 0 Å². The summed E-state index contributed by atoms with van der Waals surface area (Å²) in [5.41, 5.74) is 5.71. The maximum absolute atomic E-state index is 8.68. The van der Waals surface area contributed by atoms with Gasteiger partial charge in [0.05, 0.1) is 12.1 Å². The van der Waals surface area contributed by atoms with E-state index in [-0.39, 0.29) is 6.04 Å². The standard InChI is InChI=1S/C10H18N2/c1-7-3-8(2)5-9(4-7)10(12)6-11/h7-10H,3-5,12H2,1-2H3/t7-,8+,9-,10-/m1/s1. The number of hydrogen-bond acceptors (Lipinski definition) is 2. The third-order valence-corrected chi connectivity index (χ3v) is 2.87. The van der Waals surface area contributed by atoms with Crippen molar-refractivity contribution in [2.75, 3.05) is 0 Å². The van der Waals surface area contributed by atoms with E-state index in [1.54, 1.807) is 0 Å². The summed E-state index contributed by atoms with van der Waals surface area (Å²) in [4.78, 5) is 0. The SMILES string of the molecule is C[C@@H]1C[C@H](C)C[C@H]([C@H](N)C#N)C1. The molecule has 0 bridgehead atoms. The molecule has 0 radical (unpaired) electrons. The van der Waals surface area contributed by atoms with Crippen LogP contribution in [0.25, 0.3) is 0 Å². The van der Waals surface area contributed by atoms with Crippen molar-refractivity contribution in [2.24, 2.45) is 23.5 Å². The van der Waals surface area contributed by atoms with E-state index in [0.717, 1.165) is 24.7 Å². The van der Waals surface area contributed by atoms with E-state index < -0.39 is 0 Å². The van der Waals surface area contributed by atoms with Crippen LogP contribution >= 0.6 is 0 Å². The smallest absolute Gasteiger partial charge is 0.0956 e. The lowest BCUT2D eigenvalue weighted by atomic mass is 9.74. The Kier molecular flexibility index (Phi) is 3.11. The predicted octanol–water partition coefficient (Wildman–Crippen LogP) is 1.91. The highest BCUT2D eigenvalue weighted by atomic mass is 14.7. The van der Waals surface area contributed by atoms with Crippen LogP contribution < -0.4 is 5.73 Å². The van der Waals surface area contributed by atoms with E-state index in [0.29, 0.717) is 5.92 Å². The topological polar surface area (TPSA) is 49.8 Å². The Bertz CT molecular complexity index is 173. The third-order valence-electron chi connectivity index (χ3n) is 2.87. The van der Waals surface area contributed by atoms with Crippen molar-refractivity contribution in [3.63, 3.8) is 0 Å². The molecule has 0 spiro atoms. The number of nitrogens with two attached hydrogens (primary N) is 1. The van der Waals surface area contributed by atoms with E-state index in [9.17, 15) is 0 Å². The first-order chi connectivity index (χ1) is 5.63. The first-order valence-electron chi connectivity index (χ1n) is 4.78. The molecule has 0 heterocycles. The van der Waals surface area contributed by atoms with Crippen molar-refractivity contribution in [1.29, 1.82) is 5.26 Å². The summed E-state index contributed by atoms with van der Waals surface area (Å²) >= 11 is 0. The molecule has 2 nitrogen and oxygen atoms in total. The van der Waals surface area contributed by atoms with Crippen LogP contribution in [0.15, 0.2) is 0 Å². The maximum Gasteiger partial charge on any atom is 0.0956 e. The number of nitriles is 1. The van der Waals surface area contributed by atoms with Gasteiger partial charge in [-0.2, -0.15) is 5.26 Å². The molecule has 12 heavy (non-hydrogen) atoms. The zero-order valence-electron chi connectivity index (χ0n) is 7.96. The Balaban J connectivity index is 2.50. The van der Waals surface area contributed by atoms with Crippen molar-refractivity contribution in [1.82, 2.24) is 0 Å². The van der Waals surface area contributed by atoms with Crippen LogP contribution in [0.1, 0.15) is 33.1 Å². The summed E-state index contributed by atoms with van der Waals surface area (Å²) in [5, 5.41) is 8.68. The van der Waals surface area contributed by atoms with Gasteiger partial charge in [0.25, 0.3) is 0 Å². The largest absolute Gasteiger partial charge is 0.316 e. The molecule has 1 fully saturated rings. The minimum atomic E-state index is -0.241. The predicted molar refractivity (Wildman–Crippen MR) is 49.3 cm³/mol. The van der Waals surface area contributed by atoms with E-state index >= 15 is 0 Å². The molecule has 0 unspecified atom stereocenters.